The predicted octanol–water partition coefficient (Wildman–Crippen LogP) is 1.68. The van der Waals surface area contributed by atoms with Crippen molar-refractivity contribution < 1.29 is 13.2 Å². The van der Waals surface area contributed by atoms with Gasteiger partial charge < -0.3 is 5.73 Å². The lowest BCUT2D eigenvalue weighted by molar-refractivity contribution is 0.0999. The van der Waals surface area contributed by atoms with Crippen molar-refractivity contribution in [2.45, 2.75) is 25.7 Å². The molecule has 0 heterocycles. The number of hydrogen-bond donors (Lipinski definition) is 1. The third-order valence-electron chi connectivity index (χ3n) is 2.91. The number of benzene rings is 1. The van der Waals surface area contributed by atoms with Gasteiger partial charge in [0.15, 0.2) is 0 Å². The summed E-state index contributed by atoms with van der Waals surface area (Å²) in [5.41, 5.74) is 6.87. The number of sulfonamides is 1. The summed E-state index contributed by atoms with van der Waals surface area (Å²) in [7, 11) is -3.65. The molecule has 1 aromatic rings. The Morgan fingerprint density at radius 3 is 2.45 bits per heavy atom. The van der Waals surface area contributed by atoms with Gasteiger partial charge >= 0.3 is 0 Å². The molecule has 0 spiro atoms. The molecular weight excluding hydrogens is 276 g/mol. The predicted molar refractivity (Wildman–Crippen MR) is 78.9 cm³/mol. The Balaban J connectivity index is 3.31. The van der Waals surface area contributed by atoms with Crippen LogP contribution in [0, 0.1) is 6.92 Å². The van der Waals surface area contributed by atoms with E-state index in [0.29, 0.717) is 12.1 Å². The molecule has 20 heavy (non-hydrogen) atoms. The molecule has 1 aromatic carbocycles. The van der Waals surface area contributed by atoms with Crippen LogP contribution in [0.2, 0.25) is 0 Å². The molecule has 0 bridgehead atoms. The molecular formula is C14H20N2O3S. The van der Waals surface area contributed by atoms with E-state index >= 15 is 0 Å². The van der Waals surface area contributed by atoms with Gasteiger partial charge in [-0.1, -0.05) is 25.1 Å². The van der Waals surface area contributed by atoms with Gasteiger partial charge in [0.05, 0.1) is 4.90 Å². The molecule has 1 amide bonds. The fourth-order valence-corrected chi connectivity index (χ4v) is 3.38. The van der Waals surface area contributed by atoms with Crippen LogP contribution in [0.25, 0.3) is 0 Å². The normalized spacial score (nSPS) is 11.6. The highest BCUT2D eigenvalue weighted by Gasteiger charge is 2.24. The molecule has 0 unspecified atom stereocenters. The zero-order valence-electron chi connectivity index (χ0n) is 12.0. The van der Waals surface area contributed by atoms with Crippen molar-refractivity contribution in [2.24, 2.45) is 5.73 Å². The molecule has 0 saturated heterocycles. The van der Waals surface area contributed by atoms with Crippen LogP contribution in [0.1, 0.15) is 29.8 Å². The Morgan fingerprint density at radius 1 is 1.40 bits per heavy atom. The summed E-state index contributed by atoms with van der Waals surface area (Å²) in [6.45, 7) is 9.54. The molecule has 1 rings (SSSR count). The van der Waals surface area contributed by atoms with E-state index in [-0.39, 0.29) is 17.0 Å². The molecule has 0 aliphatic heterocycles. The van der Waals surface area contributed by atoms with Crippen molar-refractivity contribution in [3.8, 4) is 0 Å². The van der Waals surface area contributed by atoms with Crippen molar-refractivity contribution in [3.05, 3.63) is 41.5 Å². The molecule has 0 aliphatic rings. The van der Waals surface area contributed by atoms with Crippen LogP contribution in [0.4, 0.5) is 0 Å². The number of primary amides is 1. The molecule has 0 fully saturated rings. The summed E-state index contributed by atoms with van der Waals surface area (Å²) in [6, 6.07) is 4.40. The molecule has 2 N–H and O–H groups in total. The summed E-state index contributed by atoms with van der Waals surface area (Å²) in [6.07, 6.45) is 0. The number of nitrogens with two attached hydrogens (primary N) is 1. The summed E-state index contributed by atoms with van der Waals surface area (Å²) in [4.78, 5) is 11.4. The van der Waals surface area contributed by atoms with E-state index < -0.39 is 15.9 Å². The first kappa shape index (κ1) is 16.4. The highest BCUT2D eigenvalue weighted by molar-refractivity contribution is 7.89. The van der Waals surface area contributed by atoms with Gasteiger partial charge in [0, 0.05) is 18.7 Å². The average Bonchev–Trinajstić information content (AvgIpc) is 2.35. The van der Waals surface area contributed by atoms with Crippen LogP contribution in [-0.2, 0) is 10.0 Å². The van der Waals surface area contributed by atoms with Crippen molar-refractivity contribution in [1.29, 1.82) is 0 Å². The maximum Gasteiger partial charge on any atom is 0.249 e. The first-order chi connectivity index (χ1) is 9.20. The van der Waals surface area contributed by atoms with E-state index in [1.54, 1.807) is 26.8 Å². The van der Waals surface area contributed by atoms with Gasteiger partial charge in [-0.25, -0.2) is 8.42 Å². The molecule has 0 atom stereocenters. The molecule has 5 nitrogen and oxygen atoms in total. The zero-order chi connectivity index (χ0) is 15.5. The Bertz CT molecular complexity index is 636. The SMILES string of the molecule is C=C(C)CN(CC)S(=O)(=O)c1ccc(C)c(C(N)=O)c1. The number of aryl methyl sites for hydroxylation is 1. The van der Waals surface area contributed by atoms with Gasteiger partial charge in [-0.05, 0) is 31.5 Å². The van der Waals surface area contributed by atoms with Gasteiger partial charge in [0.1, 0.15) is 0 Å². The molecule has 0 radical (unpaired) electrons. The third-order valence-corrected chi connectivity index (χ3v) is 4.83. The lowest BCUT2D eigenvalue weighted by atomic mass is 10.1. The van der Waals surface area contributed by atoms with Gasteiger partial charge in [-0.3, -0.25) is 4.79 Å². The largest absolute Gasteiger partial charge is 0.366 e. The van der Waals surface area contributed by atoms with Gasteiger partial charge in [0.25, 0.3) is 0 Å². The smallest absolute Gasteiger partial charge is 0.249 e. The minimum atomic E-state index is -3.65. The van der Waals surface area contributed by atoms with Crippen LogP contribution in [0.15, 0.2) is 35.2 Å². The van der Waals surface area contributed by atoms with E-state index in [0.717, 1.165) is 5.57 Å². The summed E-state index contributed by atoms with van der Waals surface area (Å²) in [5, 5.41) is 0. The number of nitrogens with zero attached hydrogens (tertiary/aromatic N) is 1. The Kier molecular flexibility index (Phi) is 5.08. The van der Waals surface area contributed by atoms with E-state index in [4.69, 9.17) is 5.73 Å². The highest BCUT2D eigenvalue weighted by Crippen LogP contribution is 2.20. The number of carbonyl (C=O) groups excluding carboxylic acids is 1. The first-order valence-electron chi connectivity index (χ1n) is 6.25. The van der Waals surface area contributed by atoms with Crippen LogP contribution >= 0.6 is 0 Å². The molecule has 110 valence electrons. The van der Waals surface area contributed by atoms with Crippen molar-refractivity contribution in [3.63, 3.8) is 0 Å². The topological polar surface area (TPSA) is 80.5 Å². The van der Waals surface area contributed by atoms with E-state index in [2.05, 4.69) is 6.58 Å². The van der Waals surface area contributed by atoms with Crippen LogP contribution in [0.3, 0.4) is 0 Å². The number of carbonyl (C=O) groups is 1. The minimum Gasteiger partial charge on any atom is -0.366 e. The molecule has 0 aliphatic carbocycles. The Labute approximate surface area is 120 Å². The quantitative estimate of drug-likeness (QED) is 0.811. The molecule has 0 saturated carbocycles. The van der Waals surface area contributed by atoms with Gasteiger partial charge in [0.2, 0.25) is 15.9 Å². The van der Waals surface area contributed by atoms with Crippen molar-refractivity contribution in [1.82, 2.24) is 4.31 Å². The van der Waals surface area contributed by atoms with Gasteiger partial charge in [-0.2, -0.15) is 4.31 Å². The Morgan fingerprint density at radius 2 is 2.00 bits per heavy atom. The molecule has 0 aromatic heterocycles. The summed E-state index contributed by atoms with van der Waals surface area (Å²) in [5.74, 6) is -0.637. The lowest BCUT2D eigenvalue weighted by Gasteiger charge is -2.21. The van der Waals surface area contributed by atoms with Gasteiger partial charge in [-0.15, -0.1) is 0 Å². The fraction of sp³-hybridized carbons (Fsp3) is 0.357. The van der Waals surface area contributed by atoms with E-state index in [1.165, 1.54) is 16.4 Å². The maximum atomic E-state index is 12.5. The van der Waals surface area contributed by atoms with Crippen molar-refractivity contribution in [2.75, 3.05) is 13.1 Å². The molecule has 6 heteroatoms. The monoisotopic (exact) mass is 296 g/mol. The summed E-state index contributed by atoms with van der Waals surface area (Å²) >= 11 is 0. The van der Waals surface area contributed by atoms with Crippen LogP contribution < -0.4 is 5.73 Å². The number of rotatable bonds is 6. The second-order valence-corrected chi connectivity index (χ2v) is 6.67. The average molecular weight is 296 g/mol. The van der Waals surface area contributed by atoms with Crippen LogP contribution in [-0.4, -0.2) is 31.7 Å². The maximum absolute atomic E-state index is 12.5. The zero-order valence-corrected chi connectivity index (χ0v) is 12.8. The highest BCUT2D eigenvalue weighted by atomic mass is 32.2. The van der Waals surface area contributed by atoms with Crippen molar-refractivity contribution >= 4 is 15.9 Å². The standard InChI is InChI=1S/C14H20N2O3S/c1-5-16(9-10(2)3)20(18,19)12-7-6-11(4)13(8-12)14(15)17/h6-8H,2,5,9H2,1,3-4H3,(H2,15,17). The number of hydrogen-bond acceptors (Lipinski definition) is 3. The lowest BCUT2D eigenvalue weighted by Crippen LogP contribution is -2.32. The minimum absolute atomic E-state index is 0.0694. The van der Waals surface area contributed by atoms with E-state index in [9.17, 15) is 13.2 Å². The fourth-order valence-electron chi connectivity index (χ4n) is 1.84. The Hall–Kier alpha value is -1.66. The van der Waals surface area contributed by atoms with Crippen LogP contribution in [0.5, 0.6) is 0 Å². The second kappa shape index (κ2) is 6.19. The second-order valence-electron chi connectivity index (χ2n) is 4.73. The number of likely N-dealkylation sites (N-methyl/N-ethyl adjacent to an activating group) is 1. The summed E-state index contributed by atoms with van der Waals surface area (Å²) < 4.78 is 26.3. The number of amides is 1. The third kappa shape index (κ3) is 3.46. The van der Waals surface area contributed by atoms with E-state index in [1.807, 2.05) is 0 Å². The first-order valence-corrected chi connectivity index (χ1v) is 7.69.